The van der Waals surface area contributed by atoms with Crippen molar-refractivity contribution >= 4 is 35.2 Å². The minimum atomic E-state index is -0.729. The Labute approximate surface area is 193 Å². The molecule has 1 aromatic carbocycles. The second-order valence-corrected chi connectivity index (χ2v) is 8.35. The molecule has 1 aromatic rings. The van der Waals surface area contributed by atoms with Crippen LogP contribution in [0.4, 0.5) is 4.79 Å². The highest BCUT2D eigenvalue weighted by molar-refractivity contribution is 6.42. The molecule has 0 aliphatic carbocycles. The average Bonchev–Trinajstić information content (AvgIpc) is 2.76. The van der Waals surface area contributed by atoms with Crippen LogP contribution in [0.25, 0.3) is 0 Å². The molecule has 2 aliphatic heterocycles. The Kier molecular flexibility index (Phi) is 8.22. The number of hydrogen-bond acceptors (Lipinski definition) is 5. The van der Waals surface area contributed by atoms with Gasteiger partial charge in [0, 0.05) is 45.0 Å². The predicted molar refractivity (Wildman–Crippen MR) is 122 cm³/mol. The molecule has 0 radical (unpaired) electrons. The Bertz CT molecular complexity index is 853. The van der Waals surface area contributed by atoms with Crippen LogP contribution in [0.2, 0.25) is 10.0 Å². The van der Waals surface area contributed by atoms with Gasteiger partial charge in [0.1, 0.15) is 0 Å². The summed E-state index contributed by atoms with van der Waals surface area (Å²) >= 11 is 12.7. The van der Waals surface area contributed by atoms with Gasteiger partial charge in [-0.1, -0.05) is 42.3 Å². The first-order valence-electron chi connectivity index (χ1n) is 10.8. The Morgan fingerprint density at radius 2 is 1.77 bits per heavy atom. The zero-order valence-corrected chi connectivity index (χ0v) is 19.8. The number of rotatable bonds is 7. The lowest BCUT2D eigenvalue weighted by molar-refractivity contribution is -0.139. The first-order chi connectivity index (χ1) is 14.9. The van der Waals surface area contributed by atoms with Crippen LogP contribution in [-0.2, 0) is 9.53 Å². The Morgan fingerprint density at radius 3 is 2.39 bits per heavy atom. The summed E-state index contributed by atoms with van der Waals surface area (Å²) in [6, 6.07) is 4.22. The summed E-state index contributed by atoms with van der Waals surface area (Å²) in [7, 11) is 0. The van der Waals surface area contributed by atoms with Crippen molar-refractivity contribution in [3.63, 3.8) is 0 Å². The van der Waals surface area contributed by atoms with E-state index in [2.05, 4.69) is 22.0 Å². The summed E-state index contributed by atoms with van der Waals surface area (Å²) in [6.45, 7) is 11.7. The van der Waals surface area contributed by atoms with Crippen molar-refractivity contribution in [3.05, 3.63) is 45.1 Å². The number of piperazine rings is 1. The highest BCUT2D eigenvalue weighted by Gasteiger charge is 2.39. The molecule has 3 rings (SSSR count). The number of carbonyl (C=O) groups excluding carboxylic acids is 2. The van der Waals surface area contributed by atoms with Gasteiger partial charge in [0.2, 0.25) is 0 Å². The van der Waals surface area contributed by atoms with E-state index in [0.29, 0.717) is 40.0 Å². The number of carbonyl (C=O) groups is 2. The van der Waals surface area contributed by atoms with Crippen LogP contribution in [0.15, 0.2) is 29.5 Å². The van der Waals surface area contributed by atoms with E-state index >= 15 is 0 Å². The number of nitrogens with zero attached hydrogens (tertiary/aromatic N) is 3. The van der Waals surface area contributed by atoms with Gasteiger partial charge in [-0.05, 0) is 32.0 Å². The van der Waals surface area contributed by atoms with Crippen molar-refractivity contribution in [2.45, 2.75) is 26.8 Å². The minimum absolute atomic E-state index is 0.237. The summed E-state index contributed by atoms with van der Waals surface area (Å²) < 4.78 is 5.41. The predicted octanol–water partition coefficient (Wildman–Crippen LogP) is 3.53. The van der Waals surface area contributed by atoms with Crippen molar-refractivity contribution in [2.24, 2.45) is 0 Å². The second kappa shape index (κ2) is 10.7. The molecule has 2 aliphatic rings. The number of ether oxygens (including phenoxy) is 1. The molecule has 31 heavy (non-hydrogen) atoms. The molecular weight excluding hydrogens is 439 g/mol. The van der Waals surface area contributed by atoms with Crippen molar-refractivity contribution in [2.75, 3.05) is 52.4 Å². The summed E-state index contributed by atoms with van der Waals surface area (Å²) in [6.07, 6.45) is 0. The molecular formula is C22H30Cl2N4O3. The standard InChI is InChI=1S/C22H30Cl2N4O3/c1-4-26-10-12-27(13-11-26)14-17-18(21(29)31-6-3)20(25-22(30)28(17)5-2)15-8-7-9-16(23)19(15)24/h7-9,20H,4-6,10-14H2,1-3H3,(H,25,30)/t20-/m0/s1. The van der Waals surface area contributed by atoms with Crippen molar-refractivity contribution in [1.29, 1.82) is 0 Å². The van der Waals surface area contributed by atoms with Gasteiger partial charge in [0.25, 0.3) is 0 Å². The molecule has 0 aromatic heterocycles. The molecule has 0 bridgehead atoms. The fourth-order valence-corrected chi connectivity index (χ4v) is 4.53. The van der Waals surface area contributed by atoms with E-state index in [0.717, 1.165) is 32.7 Å². The first kappa shape index (κ1) is 23.9. The van der Waals surface area contributed by atoms with Crippen LogP contribution < -0.4 is 5.32 Å². The molecule has 0 saturated carbocycles. The van der Waals surface area contributed by atoms with Gasteiger partial charge in [-0.3, -0.25) is 9.80 Å². The van der Waals surface area contributed by atoms with Gasteiger partial charge in [-0.2, -0.15) is 0 Å². The number of nitrogens with one attached hydrogen (secondary N) is 1. The maximum absolute atomic E-state index is 13.1. The van der Waals surface area contributed by atoms with E-state index in [1.165, 1.54) is 0 Å². The van der Waals surface area contributed by atoms with Crippen LogP contribution in [0.3, 0.4) is 0 Å². The van der Waals surface area contributed by atoms with Gasteiger partial charge in [-0.15, -0.1) is 0 Å². The maximum Gasteiger partial charge on any atom is 0.338 e. The van der Waals surface area contributed by atoms with E-state index < -0.39 is 12.0 Å². The molecule has 1 atom stereocenters. The number of amides is 2. The third-order valence-electron chi connectivity index (χ3n) is 5.83. The topological polar surface area (TPSA) is 65.1 Å². The molecule has 0 spiro atoms. The van der Waals surface area contributed by atoms with E-state index in [1.807, 2.05) is 6.92 Å². The molecule has 1 N–H and O–H groups in total. The lowest BCUT2D eigenvalue weighted by atomic mass is 9.94. The lowest BCUT2D eigenvalue weighted by Crippen LogP contribution is -2.53. The fraction of sp³-hybridized carbons (Fsp3) is 0.545. The second-order valence-electron chi connectivity index (χ2n) is 7.56. The van der Waals surface area contributed by atoms with Gasteiger partial charge in [-0.25, -0.2) is 9.59 Å². The first-order valence-corrected chi connectivity index (χ1v) is 11.5. The SMILES string of the molecule is CCOC(=O)C1=C(CN2CCN(CC)CC2)N(CC)C(=O)N[C@H]1c1cccc(Cl)c1Cl. The molecule has 2 heterocycles. The van der Waals surface area contributed by atoms with Gasteiger partial charge >= 0.3 is 12.0 Å². The Hall–Kier alpha value is -1.80. The van der Waals surface area contributed by atoms with Crippen molar-refractivity contribution < 1.29 is 14.3 Å². The Morgan fingerprint density at radius 1 is 1.10 bits per heavy atom. The number of benzene rings is 1. The highest BCUT2D eigenvalue weighted by atomic mass is 35.5. The summed E-state index contributed by atoms with van der Waals surface area (Å²) in [4.78, 5) is 32.4. The molecule has 1 fully saturated rings. The highest BCUT2D eigenvalue weighted by Crippen LogP contribution is 2.37. The summed E-state index contributed by atoms with van der Waals surface area (Å²) in [5.74, 6) is -0.454. The molecule has 0 unspecified atom stereocenters. The van der Waals surface area contributed by atoms with E-state index in [4.69, 9.17) is 27.9 Å². The van der Waals surface area contributed by atoms with Crippen molar-refractivity contribution in [1.82, 2.24) is 20.0 Å². The maximum atomic E-state index is 13.1. The molecule has 1 saturated heterocycles. The smallest absolute Gasteiger partial charge is 0.338 e. The van der Waals surface area contributed by atoms with Crippen molar-refractivity contribution in [3.8, 4) is 0 Å². The number of esters is 1. The van der Waals surface area contributed by atoms with E-state index in [9.17, 15) is 9.59 Å². The van der Waals surface area contributed by atoms with Crippen LogP contribution in [0.5, 0.6) is 0 Å². The van der Waals surface area contributed by atoms with Crippen LogP contribution in [0.1, 0.15) is 32.4 Å². The molecule has 2 amide bonds. The molecule has 9 heteroatoms. The zero-order valence-electron chi connectivity index (χ0n) is 18.3. The number of hydrogen-bond donors (Lipinski definition) is 1. The van der Waals surface area contributed by atoms with Crippen LogP contribution in [0, 0.1) is 0 Å². The summed E-state index contributed by atoms with van der Waals surface area (Å²) in [5, 5.41) is 3.62. The van der Waals surface area contributed by atoms with E-state index in [1.54, 1.807) is 30.0 Å². The lowest BCUT2D eigenvalue weighted by Gasteiger charge is -2.40. The fourth-order valence-electron chi connectivity index (χ4n) is 4.11. The average molecular weight is 469 g/mol. The number of urea groups is 1. The Balaban J connectivity index is 2.06. The van der Waals surface area contributed by atoms with Crippen LogP contribution >= 0.6 is 23.2 Å². The summed E-state index contributed by atoms with van der Waals surface area (Å²) in [5.41, 5.74) is 1.65. The van der Waals surface area contributed by atoms with Gasteiger partial charge in [0.15, 0.2) is 0 Å². The third kappa shape index (κ3) is 5.17. The molecule has 7 nitrogen and oxygen atoms in total. The normalized spacial score (nSPS) is 20.7. The van der Waals surface area contributed by atoms with Gasteiger partial charge < -0.3 is 15.0 Å². The number of likely N-dealkylation sites (N-methyl/N-ethyl adjacent to an activating group) is 2. The number of halogens is 2. The zero-order chi connectivity index (χ0) is 22.5. The van der Waals surface area contributed by atoms with Gasteiger partial charge in [0.05, 0.1) is 28.3 Å². The molecule has 170 valence electrons. The minimum Gasteiger partial charge on any atom is -0.463 e. The van der Waals surface area contributed by atoms with Crippen LogP contribution in [-0.4, -0.2) is 79.1 Å². The van der Waals surface area contributed by atoms with E-state index in [-0.39, 0.29) is 12.6 Å². The largest absolute Gasteiger partial charge is 0.463 e. The monoisotopic (exact) mass is 468 g/mol. The third-order valence-corrected chi connectivity index (χ3v) is 6.66. The quantitative estimate of drug-likeness (QED) is 0.619.